The van der Waals surface area contributed by atoms with Gasteiger partial charge in [-0.15, -0.1) is 0 Å². The van der Waals surface area contributed by atoms with Crippen LogP contribution in [0.3, 0.4) is 0 Å². The van der Waals surface area contributed by atoms with E-state index >= 15 is 0 Å². The zero-order valence-electron chi connectivity index (χ0n) is 19.7. The lowest BCUT2D eigenvalue weighted by molar-refractivity contribution is -0.384. The molecule has 6 nitrogen and oxygen atoms in total. The van der Waals surface area contributed by atoms with Gasteiger partial charge in [-0.2, -0.15) is 0 Å². The number of unbranched alkanes of at least 4 members (excludes halogenated alkanes) is 10. The number of hydrogen-bond acceptors (Lipinski definition) is 4. The standard InChI is InChI=1S/C14H28O2.C13H9NO3/c1-2-3-4-5-6-7-8-9-10-11-12-13-14(15)16;15-13(10-4-2-1-3-5-10)11-6-8-12(9-7-11)14(16)17/h2-13H2,1H3,(H,15,16);1-9H. The fourth-order valence-corrected chi connectivity index (χ4v) is 3.43. The Kier molecular flexibility index (Phi) is 14.9. The molecule has 1 N–H and O–H groups in total. The molecule has 2 aromatic carbocycles. The van der Waals surface area contributed by atoms with Crippen LogP contribution in [0.15, 0.2) is 54.6 Å². The number of ketones is 1. The van der Waals surface area contributed by atoms with Crippen LogP contribution in [0.4, 0.5) is 5.69 Å². The lowest BCUT2D eigenvalue weighted by Crippen LogP contribution is -2.00. The second kappa shape index (κ2) is 17.5. The molecular weight excluding hydrogens is 418 g/mol. The van der Waals surface area contributed by atoms with Crippen LogP contribution in [0, 0.1) is 10.1 Å². The lowest BCUT2D eigenvalue weighted by atomic mass is 10.0. The Hall–Kier alpha value is -3.02. The summed E-state index contributed by atoms with van der Waals surface area (Å²) in [7, 11) is 0. The smallest absolute Gasteiger partial charge is 0.303 e. The number of nitro benzene ring substituents is 1. The van der Waals surface area contributed by atoms with Crippen molar-refractivity contribution in [2.24, 2.45) is 0 Å². The molecule has 6 heteroatoms. The monoisotopic (exact) mass is 455 g/mol. The van der Waals surface area contributed by atoms with Crippen LogP contribution in [0.1, 0.15) is 99.9 Å². The number of carbonyl (C=O) groups is 2. The highest BCUT2D eigenvalue weighted by atomic mass is 16.6. The van der Waals surface area contributed by atoms with Crippen molar-refractivity contribution in [2.75, 3.05) is 0 Å². The molecule has 33 heavy (non-hydrogen) atoms. The molecule has 0 heterocycles. The van der Waals surface area contributed by atoms with Crippen LogP contribution in [0.25, 0.3) is 0 Å². The summed E-state index contributed by atoms with van der Waals surface area (Å²) < 4.78 is 0. The van der Waals surface area contributed by atoms with Gasteiger partial charge in [0.25, 0.3) is 5.69 Å². The minimum absolute atomic E-state index is 0.0189. The zero-order valence-corrected chi connectivity index (χ0v) is 19.7. The van der Waals surface area contributed by atoms with E-state index in [2.05, 4.69) is 6.92 Å². The van der Waals surface area contributed by atoms with Gasteiger partial charge in [0.15, 0.2) is 5.78 Å². The average molecular weight is 456 g/mol. The fraction of sp³-hybridized carbons (Fsp3) is 0.481. The highest BCUT2D eigenvalue weighted by molar-refractivity contribution is 6.09. The molecule has 0 aliphatic carbocycles. The summed E-state index contributed by atoms with van der Waals surface area (Å²) in [5.74, 6) is -0.795. The van der Waals surface area contributed by atoms with Gasteiger partial charge in [0.05, 0.1) is 4.92 Å². The Morgan fingerprint density at radius 1 is 0.727 bits per heavy atom. The Labute approximate surface area is 197 Å². The SMILES string of the molecule is CCCCCCCCCCCCCC(=O)O.O=C(c1ccccc1)c1ccc([N+](=O)[O-])cc1. The molecule has 180 valence electrons. The molecule has 0 aliphatic heterocycles. The second-order valence-electron chi connectivity index (χ2n) is 8.18. The van der Waals surface area contributed by atoms with Gasteiger partial charge < -0.3 is 5.11 Å². The summed E-state index contributed by atoms with van der Waals surface area (Å²) in [5.41, 5.74) is 0.998. The minimum Gasteiger partial charge on any atom is -0.481 e. The van der Waals surface area contributed by atoms with Crippen LogP contribution in [0.5, 0.6) is 0 Å². The number of nitrogens with zero attached hydrogens (tertiary/aromatic N) is 1. The van der Waals surface area contributed by atoms with E-state index in [1.165, 1.54) is 82.1 Å². The van der Waals surface area contributed by atoms with Crippen molar-refractivity contribution in [1.82, 2.24) is 0 Å². The van der Waals surface area contributed by atoms with Gasteiger partial charge in [0.2, 0.25) is 0 Å². The van der Waals surface area contributed by atoms with Gasteiger partial charge in [0, 0.05) is 29.7 Å². The van der Waals surface area contributed by atoms with Gasteiger partial charge in [0.1, 0.15) is 0 Å². The number of non-ortho nitro benzene ring substituents is 1. The first-order chi connectivity index (χ1) is 16.0. The Morgan fingerprint density at radius 3 is 1.64 bits per heavy atom. The topological polar surface area (TPSA) is 97.5 Å². The van der Waals surface area contributed by atoms with Crippen molar-refractivity contribution in [3.8, 4) is 0 Å². The number of carbonyl (C=O) groups excluding carboxylic acids is 1. The van der Waals surface area contributed by atoms with Gasteiger partial charge in [-0.05, 0) is 18.6 Å². The highest BCUT2D eigenvalue weighted by Gasteiger charge is 2.10. The van der Waals surface area contributed by atoms with Crippen LogP contribution in [-0.4, -0.2) is 21.8 Å². The molecule has 2 aromatic rings. The van der Waals surface area contributed by atoms with Gasteiger partial charge >= 0.3 is 5.97 Å². The minimum atomic E-state index is -0.657. The summed E-state index contributed by atoms with van der Waals surface area (Å²) in [5, 5.41) is 18.9. The second-order valence-corrected chi connectivity index (χ2v) is 8.18. The molecule has 0 aromatic heterocycles. The van der Waals surface area contributed by atoms with E-state index in [0.29, 0.717) is 17.5 Å². The first-order valence-corrected chi connectivity index (χ1v) is 12.0. The van der Waals surface area contributed by atoms with Crippen molar-refractivity contribution in [3.63, 3.8) is 0 Å². The third-order valence-electron chi connectivity index (χ3n) is 5.37. The molecule has 0 spiro atoms. The molecule has 0 fully saturated rings. The number of nitro groups is 1. The predicted molar refractivity (Wildman–Crippen MR) is 132 cm³/mol. The predicted octanol–water partition coefficient (Wildman–Crippen LogP) is 7.60. The van der Waals surface area contributed by atoms with E-state index in [9.17, 15) is 19.7 Å². The van der Waals surface area contributed by atoms with Crippen LogP contribution in [-0.2, 0) is 4.79 Å². The van der Waals surface area contributed by atoms with Gasteiger partial charge in [-0.25, -0.2) is 0 Å². The first-order valence-electron chi connectivity index (χ1n) is 12.0. The summed E-state index contributed by atoms with van der Waals surface area (Å²) in [6.45, 7) is 2.25. The number of aliphatic carboxylic acids is 1. The largest absolute Gasteiger partial charge is 0.481 e. The number of benzene rings is 2. The molecule has 0 atom stereocenters. The van der Waals surface area contributed by atoms with Crippen LogP contribution in [0.2, 0.25) is 0 Å². The van der Waals surface area contributed by atoms with Crippen molar-refractivity contribution in [2.45, 2.75) is 84.0 Å². The van der Waals surface area contributed by atoms with Crippen molar-refractivity contribution in [1.29, 1.82) is 0 Å². The molecule has 0 amide bonds. The molecule has 0 saturated heterocycles. The van der Waals surface area contributed by atoms with Crippen molar-refractivity contribution in [3.05, 3.63) is 75.8 Å². The molecule has 0 saturated carbocycles. The maximum Gasteiger partial charge on any atom is 0.303 e. The number of hydrogen-bond donors (Lipinski definition) is 1. The van der Waals surface area contributed by atoms with Crippen LogP contribution < -0.4 is 0 Å². The molecule has 0 bridgehead atoms. The summed E-state index contributed by atoms with van der Waals surface area (Å²) in [6.07, 6.45) is 14.4. The van der Waals surface area contributed by atoms with E-state index in [-0.39, 0.29) is 11.5 Å². The zero-order chi connectivity index (χ0) is 24.3. The Balaban J connectivity index is 0.000000331. The van der Waals surface area contributed by atoms with E-state index in [1.54, 1.807) is 24.3 Å². The molecule has 0 aliphatic rings. The number of rotatable bonds is 15. The quantitative estimate of drug-likeness (QED) is 0.129. The summed E-state index contributed by atoms with van der Waals surface area (Å²) in [4.78, 5) is 32.2. The fourth-order valence-electron chi connectivity index (χ4n) is 3.43. The molecular formula is C27H37NO5. The summed E-state index contributed by atoms with van der Waals surface area (Å²) in [6, 6.07) is 14.4. The average Bonchev–Trinajstić information content (AvgIpc) is 2.83. The van der Waals surface area contributed by atoms with Crippen LogP contribution >= 0.6 is 0 Å². The van der Waals surface area contributed by atoms with Crippen molar-refractivity contribution < 1.29 is 19.6 Å². The highest BCUT2D eigenvalue weighted by Crippen LogP contribution is 2.15. The van der Waals surface area contributed by atoms with E-state index in [0.717, 1.165) is 12.8 Å². The lowest BCUT2D eigenvalue weighted by Gasteiger charge is -2.01. The molecule has 0 radical (unpaired) electrons. The summed E-state index contributed by atoms with van der Waals surface area (Å²) >= 11 is 0. The van der Waals surface area contributed by atoms with E-state index < -0.39 is 10.9 Å². The normalized spacial score (nSPS) is 10.2. The number of carboxylic acids is 1. The Bertz CT molecular complexity index is 818. The first kappa shape index (κ1) is 28.0. The molecule has 2 rings (SSSR count). The Morgan fingerprint density at radius 2 is 1.18 bits per heavy atom. The van der Waals surface area contributed by atoms with E-state index in [1.807, 2.05) is 6.07 Å². The maximum atomic E-state index is 12.0. The third-order valence-corrected chi connectivity index (χ3v) is 5.37. The van der Waals surface area contributed by atoms with Crippen molar-refractivity contribution >= 4 is 17.4 Å². The number of carboxylic acid groups (broad SMARTS) is 1. The third kappa shape index (κ3) is 13.2. The van der Waals surface area contributed by atoms with Gasteiger partial charge in [-0.3, -0.25) is 19.7 Å². The molecule has 0 unspecified atom stereocenters. The van der Waals surface area contributed by atoms with E-state index in [4.69, 9.17) is 5.11 Å². The maximum absolute atomic E-state index is 12.0. The van der Waals surface area contributed by atoms with Gasteiger partial charge in [-0.1, -0.05) is 101 Å².